The van der Waals surface area contributed by atoms with Crippen molar-refractivity contribution in [3.05, 3.63) is 53.9 Å². The number of ether oxygens (including phenoxy) is 1. The van der Waals surface area contributed by atoms with Crippen LogP contribution in [0.5, 0.6) is 6.01 Å². The van der Waals surface area contributed by atoms with Crippen molar-refractivity contribution in [3.8, 4) is 17.3 Å². The quantitative estimate of drug-likeness (QED) is 0.350. The third-order valence-corrected chi connectivity index (χ3v) is 7.03. The lowest BCUT2D eigenvalue weighted by Gasteiger charge is -2.35. The van der Waals surface area contributed by atoms with Gasteiger partial charge in [0.15, 0.2) is 0 Å². The normalized spacial score (nSPS) is 16.4. The fourth-order valence-electron chi connectivity index (χ4n) is 4.81. The van der Waals surface area contributed by atoms with E-state index in [-0.39, 0.29) is 29.6 Å². The molecule has 0 radical (unpaired) electrons. The molecular formula is C27H27F3N8O2. The summed E-state index contributed by atoms with van der Waals surface area (Å²) in [6.45, 7) is 2.70. The van der Waals surface area contributed by atoms with Crippen molar-refractivity contribution >= 4 is 28.7 Å². The molecule has 1 saturated carbocycles. The lowest BCUT2D eigenvalue weighted by molar-refractivity contribution is -0.141. The molecule has 1 aliphatic heterocycles. The van der Waals surface area contributed by atoms with E-state index in [1.807, 2.05) is 17.0 Å². The molecule has 0 unspecified atom stereocenters. The van der Waals surface area contributed by atoms with E-state index in [2.05, 4.69) is 35.1 Å². The zero-order valence-electron chi connectivity index (χ0n) is 21.7. The van der Waals surface area contributed by atoms with Gasteiger partial charge in [0.05, 0.1) is 23.8 Å². The van der Waals surface area contributed by atoms with Gasteiger partial charge in [-0.2, -0.15) is 18.2 Å². The van der Waals surface area contributed by atoms with Gasteiger partial charge in [-0.25, -0.2) is 15.0 Å². The van der Waals surface area contributed by atoms with Crippen LogP contribution in [0.2, 0.25) is 0 Å². The number of rotatable bonds is 7. The first-order valence-corrected chi connectivity index (χ1v) is 13.0. The standard InChI is InChI=1S/C27H27F3N8O2/c1-40-26-31-7-6-19(34-26)18-4-5-20-21(14-18)33-25(32-20)36-23-13-16(12-22(35-23)27(28,29)30)15-37-8-10-38(11-9-37)24(39)17-2-3-17/h4-7,12-14,17H,2-3,8-11,15H2,1H3,(H2,32,33,35,36). The molecule has 40 heavy (non-hydrogen) atoms. The lowest BCUT2D eigenvalue weighted by Crippen LogP contribution is -2.48. The van der Waals surface area contributed by atoms with Crippen LogP contribution in [0.15, 0.2) is 42.6 Å². The SMILES string of the molecule is COc1nccc(-c2ccc3nc(Nc4cc(CN5CCN(C(=O)C6CC6)CC5)cc(C(F)(F)F)n4)[nH]c3c2)n1. The van der Waals surface area contributed by atoms with Gasteiger partial charge < -0.3 is 19.9 Å². The highest BCUT2D eigenvalue weighted by molar-refractivity contribution is 5.83. The van der Waals surface area contributed by atoms with E-state index >= 15 is 0 Å². The Bertz CT molecular complexity index is 1540. The molecule has 1 saturated heterocycles. The Labute approximate surface area is 227 Å². The number of alkyl halides is 3. The van der Waals surface area contributed by atoms with Crippen LogP contribution >= 0.6 is 0 Å². The van der Waals surface area contributed by atoms with Gasteiger partial charge in [0.1, 0.15) is 11.5 Å². The number of H-pyrrole nitrogens is 1. The van der Waals surface area contributed by atoms with Crippen molar-refractivity contribution in [1.29, 1.82) is 0 Å². The second-order valence-electron chi connectivity index (χ2n) is 9.99. The number of nitrogens with one attached hydrogen (secondary N) is 2. The van der Waals surface area contributed by atoms with Crippen molar-refractivity contribution in [2.24, 2.45) is 5.92 Å². The number of amides is 1. The average molecular weight is 553 g/mol. The number of fused-ring (bicyclic) bond motifs is 1. The summed E-state index contributed by atoms with van der Waals surface area (Å²) in [5.74, 6) is 0.657. The highest BCUT2D eigenvalue weighted by Gasteiger charge is 2.35. The summed E-state index contributed by atoms with van der Waals surface area (Å²) in [6, 6.07) is 10.1. The Morgan fingerprint density at radius 3 is 2.60 bits per heavy atom. The molecule has 0 spiro atoms. The molecule has 1 aliphatic carbocycles. The van der Waals surface area contributed by atoms with Gasteiger partial charge in [-0.15, -0.1) is 0 Å². The van der Waals surface area contributed by atoms with Crippen LogP contribution in [0.3, 0.4) is 0 Å². The molecule has 1 aromatic carbocycles. The predicted molar refractivity (Wildman–Crippen MR) is 141 cm³/mol. The van der Waals surface area contributed by atoms with Gasteiger partial charge in [0, 0.05) is 50.4 Å². The number of benzene rings is 1. The minimum atomic E-state index is -4.61. The molecule has 4 aromatic rings. The number of aromatic nitrogens is 5. The van der Waals surface area contributed by atoms with Crippen LogP contribution in [-0.4, -0.2) is 73.9 Å². The smallest absolute Gasteiger partial charge is 0.433 e. The van der Waals surface area contributed by atoms with Gasteiger partial charge in [-0.3, -0.25) is 9.69 Å². The Morgan fingerprint density at radius 1 is 1.07 bits per heavy atom. The number of hydrogen-bond acceptors (Lipinski definition) is 8. The largest absolute Gasteiger partial charge is 0.467 e. The van der Waals surface area contributed by atoms with Gasteiger partial charge in [0.25, 0.3) is 0 Å². The number of pyridine rings is 1. The molecule has 0 atom stereocenters. The van der Waals surface area contributed by atoms with E-state index in [1.54, 1.807) is 24.4 Å². The minimum absolute atomic E-state index is 0.0344. The van der Waals surface area contributed by atoms with Crippen molar-refractivity contribution in [2.75, 3.05) is 38.6 Å². The van der Waals surface area contributed by atoms with Crippen molar-refractivity contribution < 1.29 is 22.7 Å². The summed E-state index contributed by atoms with van der Waals surface area (Å²) in [5.41, 5.74) is 2.23. The number of carbonyl (C=O) groups is 1. The minimum Gasteiger partial charge on any atom is -0.467 e. The van der Waals surface area contributed by atoms with Crippen molar-refractivity contribution in [3.63, 3.8) is 0 Å². The number of piperazine rings is 1. The monoisotopic (exact) mass is 552 g/mol. The second kappa shape index (κ2) is 10.4. The molecule has 208 valence electrons. The van der Waals surface area contributed by atoms with Crippen molar-refractivity contribution in [2.45, 2.75) is 25.6 Å². The predicted octanol–water partition coefficient (Wildman–Crippen LogP) is 4.24. The third-order valence-electron chi connectivity index (χ3n) is 7.03. The van der Waals surface area contributed by atoms with Crippen LogP contribution < -0.4 is 10.1 Å². The third kappa shape index (κ3) is 5.69. The summed E-state index contributed by atoms with van der Waals surface area (Å²) in [6.07, 6.45) is -1.11. The second-order valence-corrected chi connectivity index (χ2v) is 9.99. The van der Waals surface area contributed by atoms with E-state index in [4.69, 9.17) is 4.74 Å². The summed E-state index contributed by atoms with van der Waals surface area (Å²) in [7, 11) is 1.49. The zero-order valence-corrected chi connectivity index (χ0v) is 21.7. The van der Waals surface area contributed by atoms with E-state index in [0.29, 0.717) is 55.0 Å². The van der Waals surface area contributed by atoms with Crippen LogP contribution in [0.4, 0.5) is 24.9 Å². The molecule has 4 heterocycles. The fraction of sp³-hybridized carbons (Fsp3) is 0.370. The maximum atomic E-state index is 13.7. The summed E-state index contributed by atoms with van der Waals surface area (Å²) < 4.78 is 46.3. The number of methoxy groups -OCH3 is 1. The number of aromatic amines is 1. The highest BCUT2D eigenvalue weighted by atomic mass is 19.4. The number of hydrogen-bond donors (Lipinski definition) is 2. The van der Waals surface area contributed by atoms with Gasteiger partial charge in [0.2, 0.25) is 11.9 Å². The van der Waals surface area contributed by atoms with Crippen LogP contribution in [0, 0.1) is 5.92 Å². The number of nitrogens with zero attached hydrogens (tertiary/aromatic N) is 6. The molecule has 2 N–H and O–H groups in total. The maximum Gasteiger partial charge on any atom is 0.433 e. The molecule has 2 fully saturated rings. The van der Waals surface area contributed by atoms with Gasteiger partial charge >= 0.3 is 12.2 Å². The maximum absolute atomic E-state index is 13.7. The van der Waals surface area contributed by atoms with Crippen LogP contribution in [-0.2, 0) is 17.5 Å². The molecule has 1 amide bonds. The molecule has 3 aromatic heterocycles. The molecular weight excluding hydrogens is 525 g/mol. The van der Waals surface area contributed by atoms with Gasteiger partial charge in [-0.1, -0.05) is 6.07 Å². The topological polar surface area (TPSA) is 112 Å². The first-order chi connectivity index (χ1) is 19.2. The molecule has 13 heteroatoms. The number of anilines is 2. The molecule has 0 bridgehead atoms. The Balaban J connectivity index is 1.20. The number of halogens is 3. The molecule has 6 rings (SSSR count). The van der Waals surface area contributed by atoms with Crippen LogP contribution in [0.1, 0.15) is 24.1 Å². The Kier molecular flexibility index (Phi) is 6.74. The fourth-order valence-corrected chi connectivity index (χ4v) is 4.81. The summed E-state index contributed by atoms with van der Waals surface area (Å²) >= 11 is 0. The van der Waals surface area contributed by atoms with E-state index in [0.717, 1.165) is 24.5 Å². The van der Waals surface area contributed by atoms with E-state index in [9.17, 15) is 18.0 Å². The zero-order chi connectivity index (χ0) is 27.9. The summed E-state index contributed by atoms with van der Waals surface area (Å²) in [4.78, 5) is 36.0. The molecule has 10 nitrogen and oxygen atoms in total. The first kappa shape index (κ1) is 26.0. The Morgan fingerprint density at radius 2 is 1.88 bits per heavy atom. The van der Waals surface area contributed by atoms with E-state index in [1.165, 1.54) is 7.11 Å². The van der Waals surface area contributed by atoms with Crippen LogP contribution in [0.25, 0.3) is 22.3 Å². The summed E-state index contributed by atoms with van der Waals surface area (Å²) in [5, 5.41) is 2.91. The Hall–Kier alpha value is -4.26. The lowest BCUT2D eigenvalue weighted by atomic mass is 10.1. The highest BCUT2D eigenvalue weighted by Crippen LogP contribution is 2.33. The molecule has 2 aliphatic rings. The van der Waals surface area contributed by atoms with Gasteiger partial charge in [-0.05, 0) is 48.7 Å². The van der Waals surface area contributed by atoms with Crippen molar-refractivity contribution in [1.82, 2.24) is 34.7 Å². The average Bonchev–Trinajstić information content (AvgIpc) is 3.72. The van der Waals surface area contributed by atoms with E-state index < -0.39 is 11.9 Å². The first-order valence-electron chi connectivity index (χ1n) is 13.0. The number of carbonyl (C=O) groups excluding carboxylic acids is 1. The number of imidazole rings is 1.